The Kier molecular flexibility index (Phi) is 4.55. The fourth-order valence-corrected chi connectivity index (χ4v) is 3.23. The molecule has 1 heterocycles. The third-order valence-electron chi connectivity index (χ3n) is 4.16. The largest absolute Gasteiger partial charge is 0.414 e. The predicted molar refractivity (Wildman–Crippen MR) is 80.9 cm³/mol. The maximum Gasteiger partial charge on any atom is 0.414 e. The van der Waals surface area contributed by atoms with Crippen molar-refractivity contribution in [1.29, 1.82) is 0 Å². The van der Waals surface area contributed by atoms with Crippen LogP contribution in [-0.4, -0.2) is 37.7 Å². The zero-order chi connectivity index (χ0) is 13.4. The number of rotatable bonds is 1. The van der Waals surface area contributed by atoms with Crippen LogP contribution in [0.2, 0.25) is 0 Å². The highest BCUT2D eigenvalue weighted by Gasteiger charge is 2.35. The van der Waals surface area contributed by atoms with Crippen LogP contribution in [0.15, 0.2) is 18.2 Å². The molecule has 0 unspecified atom stereocenters. The Balaban J connectivity index is 0.00000147. The van der Waals surface area contributed by atoms with Crippen molar-refractivity contribution in [3.8, 4) is 5.75 Å². The van der Waals surface area contributed by atoms with E-state index < -0.39 is 0 Å². The first-order valence-electron chi connectivity index (χ1n) is 6.91. The van der Waals surface area contributed by atoms with Crippen molar-refractivity contribution in [1.82, 2.24) is 10.2 Å². The minimum Gasteiger partial charge on any atom is -0.410 e. The molecule has 0 radical (unpaired) electrons. The summed E-state index contributed by atoms with van der Waals surface area (Å²) in [4.78, 5) is 13.2. The number of nitrogens with zero attached hydrogens (tertiary/aromatic N) is 1. The van der Waals surface area contributed by atoms with Gasteiger partial charge >= 0.3 is 6.09 Å². The molecule has 0 aromatic heterocycles. The number of nitrogens with one attached hydrogen (secondary N) is 1. The van der Waals surface area contributed by atoms with Crippen molar-refractivity contribution in [3.63, 3.8) is 0 Å². The van der Waals surface area contributed by atoms with E-state index in [1.807, 2.05) is 12.1 Å². The number of amides is 1. The van der Waals surface area contributed by atoms with Crippen molar-refractivity contribution in [2.45, 2.75) is 31.2 Å². The summed E-state index contributed by atoms with van der Waals surface area (Å²) in [5.74, 6) is 1.24. The number of benzene rings is 1. The quantitative estimate of drug-likeness (QED) is 0.866. The highest BCUT2D eigenvalue weighted by Crippen LogP contribution is 2.42. The van der Waals surface area contributed by atoms with Crippen molar-refractivity contribution >= 4 is 18.5 Å². The minimum absolute atomic E-state index is 0. The van der Waals surface area contributed by atoms with Crippen LogP contribution < -0.4 is 10.1 Å². The minimum atomic E-state index is -0.304. The molecule has 1 aliphatic heterocycles. The molecule has 0 spiro atoms. The lowest BCUT2D eigenvalue weighted by Gasteiger charge is -2.29. The first-order valence-corrected chi connectivity index (χ1v) is 6.91. The molecule has 0 saturated carbocycles. The Morgan fingerprint density at radius 1 is 1.35 bits per heavy atom. The van der Waals surface area contributed by atoms with Crippen LogP contribution in [0.3, 0.4) is 0 Å². The molecule has 1 aromatic rings. The molecule has 2 aliphatic rings. The molecule has 1 aliphatic carbocycles. The molecule has 3 rings (SSSR count). The van der Waals surface area contributed by atoms with Crippen molar-refractivity contribution < 1.29 is 9.53 Å². The second-order valence-corrected chi connectivity index (χ2v) is 5.59. The lowest BCUT2D eigenvalue weighted by molar-refractivity contribution is 0.171. The normalized spacial score (nSPS) is 23.3. The van der Waals surface area contributed by atoms with Crippen molar-refractivity contribution in [2.24, 2.45) is 0 Å². The third kappa shape index (κ3) is 2.63. The maximum absolute atomic E-state index is 11.8. The summed E-state index contributed by atoms with van der Waals surface area (Å²) >= 11 is 0. The lowest BCUT2D eigenvalue weighted by Crippen LogP contribution is -2.31. The average Bonchev–Trinajstić information content (AvgIpc) is 2.86. The Morgan fingerprint density at radius 2 is 2.15 bits per heavy atom. The van der Waals surface area contributed by atoms with Crippen LogP contribution in [0.4, 0.5) is 4.79 Å². The van der Waals surface area contributed by atoms with Gasteiger partial charge in [0.1, 0.15) is 5.75 Å². The van der Waals surface area contributed by atoms with Crippen LogP contribution in [-0.2, 0) is 6.42 Å². The molecule has 20 heavy (non-hydrogen) atoms. The molecule has 4 nitrogen and oxygen atoms in total. The first kappa shape index (κ1) is 15.1. The van der Waals surface area contributed by atoms with E-state index in [-0.39, 0.29) is 18.5 Å². The first-order chi connectivity index (χ1) is 9.16. The SMILES string of the molecule is CN(C)C(=O)Oc1cccc2c1[C@H]1CCN[C@H]1CC2.Cl. The molecule has 2 atom stereocenters. The summed E-state index contributed by atoms with van der Waals surface area (Å²) in [5, 5.41) is 3.55. The molecule has 0 bridgehead atoms. The van der Waals surface area contributed by atoms with E-state index in [1.54, 1.807) is 14.1 Å². The summed E-state index contributed by atoms with van der Waals surface area (Å²) in [6.45, 7) is 1.06. The summed E-state index contributed by atoms with van der Waals surface area (Å²) in [6.07, 6.45) is 3.08. The average molecular weight is 297 g/mol. The van der Waals surface area contributed by atoms with Gasteiger partial charge in [-0.25, -0.2) is 4.79 Å². The van der Waals surface area contributed by atoms with Crippen LogP contribution in [0, 0.1) is 0 Å². The number of aryl methyl sites for hydroxylation is 1. The summed E-state index contributed by atoms with van der Waals surface area (Å²) < 4.78 is 5.54. The summed E-state index contributed by atoms with van der Waals surface area (Å²) in [7, 11) is 3.41. The molecule has 5 heteroatoms. The maximum atomic E-state index is 11.8. The van der Waals surface area contributed by atoms with Gasteiger partial charge in [0, 0.05) is 31.6 Å². The van der Waals surface area contributed by atoms with Gasteiger partial charge in [0.05, 0.1) is 0 Å². The number of carbonyl (C=O) groups is 1. The van der Waals surface area contributed by atoms with Gasteiger partial charge in [-0.15, -0.1) is 12.4 Å². The van der Waals surface area contributed by atoms with Gasteiger partial charge in [-0.3, -0.25) is 0 Å². The zero-order valence-corrected chi connectivity index (χ0v) is 12.7. The highest BCUT2D eigenvalue weighted by molar-refractivity contribution is 5.85. The molecule has 110 valence electrons. The number of carbonyl (C=O) groups excluding carboxylic acids is 1. The number of hydrogen-bond donors (Lipinski definition) is 1. The summed E-state index contributed by atoms with van der Waals surface area (Å²) in [6, 6.07) is 6.61. The number of halogens is 1. The fourth-order valence-electron chi connectivity index (χ4n) is 3.23. The highest BCUT2D eigenvalue weighted by atomic mass is 35.5. The van der Waals surface area contributed by atoms with Gasteiger partial charge in [-0.05, 0) is 37.4 Å². The molecular weight excluding hydrogens is 276 g/mol. The van der Waals surface area contributed by atoms with Gasteiger partial charge in [0.15, 0.2) is 0 Å². The monoisotopic (exact) mass is 296 g/mol. The van der Waals surface area contributed by atoms with Crippen LogP contribution in [0.5, 0.6) is 5.75 Å². The fraction of sp³-hybridized carbons (Fsp3) is 0.533. The van der Waals surface area contributed by atoms with Gasteiger partial charge in [-0.1, -0.05) is 12.1 Å². The van der Waals surface area contributed by atoms with Crippen LogP contribution in [0.25, 0.3) is 0 Å². The molecule has 1 saturated heterocycles. The van der Waals surface area contributed by atoms with Crippen LogP contribution in [0.1, 0.15) is 29.9 Å². The Bertz CT molecular complexity index is 505. The van der Waals surface area contributed by atoms with Gasteiger partial charge in [0.2, 0.25) is 0 Å². The molecule has 1 amide bonds. The van der Waals surface area contributed by atoms with Gasteiger partial charge in [0.25, 0.3) is 0 Å². The number of fused-ring (bicyclic) bond motifs is 3. The standard InChI is InChI=1S/C15H20N2O2.ClH/c1-17(2)15(18)19-13-5-3-4-10-6-7-12-11(14(10)13)8-9-16-12;/h3-5,11-12,16H,6-9H2,1-2H3;1H/t11-,12-;/m0./s1. The van der Waals surface area contributed by atoms with Crippen molar-refractivity contribution in [3.05, 3.63) is 29.3 Å². The van der Waals surface area contributed by atoms with Gasteiger partial charge in [-0.2, -0.15) is 0 Å². The van der Waals surface area contributed by atoms with E-state index in [2.05, 4.69) is 11.4 Å². The second kappa shape index (κ2) is 6.02. The smallest absolute Gasteiger partial charge is 0.410 e. The van der Waals surface area contributed by atoms with E-state index in [4.69, 9.17) is 4.74 Å². The van der Waals surface area contributed by atoms with E-state index in [1.165, 1.54) is 22.4 Å². The zero-order valence-electron chi connectivity index (χ0n) is 11.9. The Labute approximate surface area is 125 Å². The Morgan fingerprint density at radius 3 is 2.90 bits per heavy atom. The molecular formula is C15H21ClN2O2. The Hall–Kier alpha value is -1.26. The van der Waals surface area contributed by atoms with Gasteiger partial charge < -0.3 is 15.0 Å². The molecule has 1 N–H and O–H groups in total. The van der Waals surface area contributed by atoms with Crippen LogP contribution >= 0.6 is 12.4 Å². The number of hydrogen-bond acceptors (Lipinski definition) is 3. The topological polar surface area (TPSA) is 41.6 Å². The van der Waals surface area contributed by atoms with E-state index in [9.17, 15) is 4.79 Å². The lowest BCUT2D eigenvalue weighted by atomic mass is 9.79. The van der Waals surface area contributed by atoms with E-state index in [0.29, 0.717) is 12.0 Å². The predicted octanol–water partition coefficient (Wildman–Crippen LogP) is 2.56. The van der Waals surface area contributed by atoms with E-state index >= 15 is 0 Å². The molecule has 1 fully saturated rings. The van der Waals surface area contributed by atoms with Crippen molar-refractivity contribution in [2.75, 3.05) is 20.6 Å². The summed E-state index contributed by atoms with van der Waals surface area (Å²) in [5.41, 5.74) is 2.59. The third-order valence-corrected chi connectivity index (χ3v) is 4.16. The van der Waals surface area contributed by atoms with E-state index in [0.717, 1.165) is 25.1 Å². The number of ether oxygens (including phenoxy) is 1. The second-order valence-electron chi connectivity index (χ2n) is 5.59. The molecule has 1 aromatic carbocycles.